The fourth-order valence-corrected chi connectivity index (χ4v) is 8.65. The molecule has 0 radical (unpaired) electrons. The van der Waals surface area contributed by atoms with Crippen molar-refractivity contribution >= 4 is 5.91 Å². The number of carbonyl (C=O) groups is 1. The van der Waals surface area contributed by atoms with Gasteiger partial charge in [-0.25, -0.2) is 0 Å². The average Bonchev–Trinajstić information content (AvgIpc) is 3.40. The summed E-state index contributed by atoms with van der Waals surface area (Å²) in [5.74, 6) is -0.0994. The van der Waals surface area contributed by atoms with Gasteiger partial charge >= 0.3 is 0 Å². The van der Waals surface area contributed by atoms with Crippen LogP contribution in [0.1, 0.15) is 271 Å². The molecule has 0 aliphatic heterocycles. The fraction of sp³-hybridized carbons (Fsp3) is 0.643. The quantitative estimate of drug-likeness (QED) is 0.0420. The summed E-state index contributed by atoms with van der Waals surface area (Å²) >= 11 is 0. The van der Waals surface area contributed by atoms with E-state index in [-0.39, 0.29) is 12.5 Å². The molecule has 74 heavy (non-hydrogen) atoms. The van der Waals surface area contributed by atoms with Crippen molar-refractivity contribution in [1.82, 2.24) is 5.32 Å². The molecular weight excluding hydrogens is 903 g/mol. The minimum atomic E-state index is -0.866. The van der Waals surface area contributed by atoms with Crippen molar-refractivity contribution in [2.24, 2.45) is 0 Å². The van der Waals surface area contributed by atoms with Crippen LogP contribution in [-0.4, -0.2) is 34.9 Å². The van der Waals surface area contributed by atoms with Gasteiger partial charge in [0.25, 0.3) is 0 Å². The van der Waals surface area contributed by atoms with Gasteiger partial charge in [-0.15, -0.1) is 0 Å². The molecule has 4 heteroatoms. The summed E-state index contributed by atoms with van der Waals surface area (Å²) in [7, 11) is 0. The molecule has 0 aromatic carbocycles. The first-order chi connectivity index (χ1) is 36.7. The highest BCUT2D eigenvalue weighted by Crippen LogP contribution is 2.16. The highest BCUT2D eigenvalue weighted by Gasteiger charge is 2.18. The molecule has 0 aliphatic rings. The monoisotopic (exact) mass is 1020 g/mol. The zero-order valence-corrected chi connectivity index (χ0v) is 48.3. The van der Waals surface area contributed by atoms with Crippen LogP contribution in [0.4, 0.5) is 0 Å². The molecule has 0 bridgehead atoms. The van der Waals surface area contributed by atoms with Gasteiger partial charge in [0.15, 0.2) is 0 Å². The third-order valence-corrected chi connectivity index (χ3v) is 13.3. The van der Waals surface area contributed by atoms with Crippen molar-refractivity contribution in [3.63, 3.8) is 0 Å². The maximum Gasteiger partial charge on any atom is 0.220 e. The van der Waals surface area contributed by atoms with E-state index in [1.165, 1.54) is 141 Å². The van der Waals surface area contributed by atoms with Crippen molar-refractivity contribution in [2.75, 3.05) is 6.61 Å². The number of amides is 1. The molecule has 1 amide bonds. The molecular formula is C70H117NO3. The lowest BCUT2D eigenvalue weighted by Gasteiger charge is -2.19. The van der Waals surface area contributed by atoms with E-state index in [4.69, 9.17) is 0 Å². The molecule has 0 saturated carbocycles. The Morgan fingerprint density at radius 1 is 0.338 bits per heavy atom. The number of carbonyl (C=O) groups excluding carboxylic acids is 1. The Balaban J connectivity index is 3.67. The molecule has 4 nitrogen and oxygen atoms in total. The number of hydrogen-bond donors (Lipinski definition) is 3. The lowest BCUT2D eigenvalue weighted by atomic mass is 10.0. The lowest BCUT2D eigenvalue weighted by molar-refractivity contribution is -0.123. The van der Waals surface area contributed by atoms with Crippen molar-refractivity contribution in [2.45, 2.75) is 283 Å². The van der Waals surface area contributed by atoms with Gasteiger partial charge in [0.1, 0.15) is 0 Å². The molecule has 420 valence electrons. The van der Waals surface area contributed by atoms with Crippen LogP contribution in [0.25, 0.3) is 0 Å². The first-order valence-electron chi connectivity index (χ1n) is 31.0. The molecule has 0 aromatic rings. The number of unbranched alkanes of at least 4 members (excludes halogenated alkanes) is 26. The maximum absolute atomic E-state index is 12.5. The molecule has 0 fully saturated rings. The summed E-state index contributed by atoms with van der Waals surface area (Å²) in [4.78, 5) is 12.5. The molecule has 0 spiro atoms. The van der Waals surface area contributed by atoms with Gasteiger partial charge in [0, 0.05) is 6.42 Å². The Hall–Kier alpha value is -3.73. The van der Waals surface area contributed by atoms with Gasteiger partial charge in [-0.2, -0.15) is 0 Å². The summed E-state index contributed by atoms with van der Waals surface area (Å²) < 4.78 is 0. The smallest absolute Gasteiger partial charge is 0.220 e. The second-order valence-electron chi connectivity index (χ2n) is 20.4. The average molecular weight is 1020 g/mol. The molecule has 3 N–H and O–H groups in total. The first kappa shape index (κ1) is 70.3. The van der Waals surface area contributed by atoms with Crippen LogP contribution in [0.2, 0.25) is 0 Å². The number of aliphatic hydroxyl groups excluding tert-OH is 2. The zero-order valence-electron chi connectivity index (χ0n) is 48.3. The fourth-order valence-electron chi connectivity index (χ4n) is 8.65. The highest BCUT2D eigenvalue weighted by atomic mass is 16.3. The summed E-state index contributed by atoms with van der Waals surface area (Å²) in [6, 6.07) is -0.653. The van der Waals surface area contributed by atoms with Crippen LogP contribution < -0.4 is 5.32 Å². The predicted octanol–water partition coefficient (Wildman–Crippen LogP) is 21.1. The van der Waals surface area contributed by atoms with Gasteiger partial charge in [-0.1, -0.05) is 307 Å². The van der Waals surface area contributed by atoms with Crippen LogP contribution in [-0.2, 0) is 4.79 Å². The van der Waals surface area contributed by atoms with Crippen LogP contribution in [0.15, 0.2) is 146 Å². The summed E-state index contributed by atoms with van der Waals surface area (Å²) in [5, 5.41) is 23.2. The first-order valence-corrected chi connectivity index (χ1v) is 31.0. The van der Waals surface area contributed by atoms with E-state index in [1.807, 2.05) is 6.08 Å². The largest absolute Gasteiger partial charge is 0.394 e. The van der Waals surface area contributed by atoms with Crippen LogP contribution in [0.3, 0.4) is 0 Å². The van der Waals surface area contributed by atoms with Crippen LogP contribution in [0.5, 0.6) is 0 Å². The second kappa shape index (κ2) is 63.6. The third kappa shape index (κ3) is 59.2. The second-order valence-corrected chi connectivity index (χ2v) is 20.4. The van der Waals surface area contributed by atoms with E-state index in [2.05, 4.69) is 153 Å². The number of nitrogens with one attached hydrogen (secondary N) is 1. The molecule has 0 heterocycles. The number of hydrogen-bond acceptors (Lipinski definition) is 3. The predicted molar refractivity (Wildman–Crippen MR) is 331 cm³/mol. The van der Waals surface area contributed by atoms with E-state index in [1.54, 1.807) is 6.08 Å². The topological polar surface area (TPSA) is 69.6 Å². The van der Waals surface area contributed by atoms with E-state index in [9.17, 15) is 15.0 Å². The van der Waals surface area contributed by atoms with Crippen molar-refractivity contribution in [1.29, 1.82) is 0 Å². The van der Waals surface area contributed by atoms with Crippen molar-refractivity contribution in [3.05, 3.63) is 146 Å². The van der Waals surface area contributed by atoms with E-state index < -0.39 is 12.1 Å². The van der Waals surface area contributed by atoms with E-state index >= 15 is 0 Å². The normalized spacial score (nSPS) is 13.8. The standard InChI is InChI=1S/C70H117NO3/c1-3-5-7-9-11-13-15-17-19-21-23-25-27-29-30-31-32-33-34-35-36-37-38-39-40-42-44-46-48-50-52-54-56-58-60-62-64-66-70(74)71-68(67-72)69(73)65-63-61-59-57-55-53-51-49-47-45-43-41-28-26-24-22-20-18-16-14-12-10-8-6-4-2/h5,7,11,13,17,19,23,25,29-30,32-33,35-36,38-39,42,44,48,50,54,56,63,65,68-69,72-73H,3-4,6,8-10,12,14-16,18,20-22,24,26-28,31,34,37,40-41,43,45-47,49,51-53,55,57-62,64,66-67H2,1-2H3,(H,71,74)/b7-5-,13-11-,19-17-,25-23-,30-29-,33-32-,36-35-,39-38-,44-42-,50-48-,56-54-,65-63+. The Morgan fingerprint density at radius 2 is 0.595 bits per heavy atom. The Bertz CT molecular complexity index is 1530. The Kier molecular flexibility index (Phi) is 60.4. The van der Waals surface area contributed by atoms with Gasteiger partial charge in [-0.05, 0) is 103 Å². The summed E-state index contributed by atoms with van der Waals surface area (Å²) in [6.45, 7) is 4.19. The maximum atomic E-state index is 12.5. The van der Waals surface area contributed by atoms with Gasteiger partial charge < -0.3 is 15.5 Å². The van der Waals surface area contributed by atoms with E-state index in [0.29, 0.717) is 6.42 Å². The molecule has 0 aliphatic carbocycles. The number of aliphatic hydroxyl groups is 2. The third-order valence-electron chi connectivity index (χ3n) is 13.3. The summed E-state index contributed by atoms with van der Waals surface area (Å²) in [6.07, 6.45) is 100. The Labute approximate surface area is 459 Å². The van der Waals surface area contributed by atoms with Gasteiger partial charge in [-0.3, -0.25) is 4.79 Å². The van der Waals surface area contributed by atoms with Crippen molar-refractivity contribution < 1.29 is 15.0 Å². The summed E-state index contributed by atoms with van der Waals surface area (Å²) in [5.41, 5.74) is 0. The molecule has 2 atom stereocenters. The molecule has 2 unspecified atom stereocenters. The number of allylic oxidation sites excluding steroid dienone is 23. The van der Waals surface area contributed by atoms with Crippen LogP contribution in [0, 0.1) is 0 Å². The highest BCUT2D eigenvalue weighted by molar-refractivity contribution is 5.76. The molecule has 0 saturated heterocycles. The Morgan fingerprint density at radius 3 is 0.892 bits per heavy atom. The SMILES string of the molecule is CC/C=C\C/C=C\C/C=C\C/C=C\C/C=C\C/C=C\C/C=C\C/C=C\C/C=C\C/C=C\C/C=C\CCCCCC(=O)NC(CO)C(O)/C=C/CCCCCCCCCCCCCCCCCCCCCCCCC. The van der Waals surface area contributed by atoms with Crippen LogP contribution >= 0.6 is 0 Å². The number of rotatable bonds is 55. The molecule has 0 aromatic heterocycles. The molecule has 0 rings (SSSR count). The minimum absolute atomic E-state index is 0.0994. The minimum Gasteiger partial charge on any atom is -0.394 e. The zero-order chi connectivity index (χ0) is 53.4. The van der Waals surface area contributed by atoms with Gasteiger partial charge in [0.05, 0.1) is 18.8 Å². The van der Waals surface area contributed by atoms with E-state index in [0.717, 1.165) is 109 Å². The van der Waals surface area contributed by atoms with Gasteiger partial charge in [0.2, 0.25) is 5.91 Å². The van der Waals surface area contributed by atoms with Crippen molar-refractivity contribution in [3.8, 4) is 0 Å². The lowest BCUT2D eigenvalue weighted by Crippen LogP contribution is -2.45.